The molecule has 0 saturated carbocycles. The third-order valence-corrected chi connectivity index (χ3v) is 3.34. The van der Waals surface area contributed by atoms with E-state index in [0.29, 0.717) is 17.8 Å². The highest BCUT2D eigenvalue weighted by atomic mass is 16.2. The fourth-order valence-electron chi connectivity index (χ4n) is 2.12. The molecule has 3 heteroatoms. The first-order valence-corrected chi connectivity index (χ1v) is 6.89. The largest absolute Gasteiger partial charge is 0.399 e. The highest BCUT2D eigenvalue weighted by molar-refractivity contribution is 5.94. The summed E-state index contributed by atoms with van der Waals surface area (Å²) in [7, 11) is 0. The molecule has 0 heterocycles. The van der Waals surface area contributed by atoms with Crippen LogP contribution in [0.3, 0.4) is 0 Å². The van der Waals surface area contributed by atoms with E-state index in [0.717, 1.165) is 13.0 Å². The minimum atomic E-state index is 0.0587. The van der Waals surface area contributed by atoms with E-state index in [1.165, 1.54) is 5.56 Å². The minimum absolute atomic E-state index is 0.0587. The number of benzene rings is 2. The van der Waals surface area contributed by atoms with Crippen molar-refractivity contribution in [3.05, 3.63) is 65.7 Å². The Morgan fingerprint density at radius 1 is 1.05 bits per heavy atom. The lowest BCUT2D eigenvalue weighted by atomic mass is 10.1. The van der Waals surface area contributed by atoms with Crippen molar-refractivity contribution in [3.63, 3.8) is 0 Å². The van der Waals surface area contributed by atoms with Gasteiger partial charge >= 0.3 is 0 Å². The number of hydrogen-bond donors (Lipinski definition) is 1. The van der Waals surface area contributed by atoms with Crippen molar-refractivity contribution >= 4 is 11.6 Å². The standard InChI is InChI=1S/C17H20N2O/c1-2-19(13-12-14-6-4-3-5-7-14)17(20)15-8-10-16(18)11-9-15/h3-11H,2,12-13,18H2,1H3. The first-order chi connectivity index (χ1) is 9.70. The Morgan fingerprint density at radius 2 is 1.70 bits per heavy atom. The van der Waals surface area contributed by atoms with Crippen LogP contribution in [0.15, 0.2) is 54.6 Å². The lowest BCUT2D eigenvalue weighted by Crippen LogP contribution is -2.32. The summed E-state index contributed by atoms with van der Waals surface area (Å²) in [4.78, 5) is 14.3. The molecule has 1 amide bonds. The van der Waals surface area contributed by atoms with E-state index in [1.54, 1.807) is 24.3 Å². The summed E-state index contributed by atoms with van der Waals surface area (Å²) in [6, 6.07) is 17.3. The average Bonchev–Trinajstić information content (AvgIpc) is 2.49. The number of rotatable bonds is 5. The van der Waals surface area contributed by atoms with Crippen molar-refractivity contribution < 1.29 is 4.79 Å². The fraction of sp³-hybridized carbons (Fsp3) is 0.235. The molecule has 2 rings (SSSR count). The van der Waals surface area contributed by atoms with Crippen molar-refractivity contribution in [2.24, 2.45) is 0 Å². The SMILES string of the molecule is CCN(CCc1ccccc1)C(=O)c1ccc(N)cc1. The van der Waals surface area contributed by atoms with Crippen molar-refractivity contribution in [2.75, 3.05) is 18.8 Å². The molecule has 0 saturated heterocycles. The molecule has 0 spiro atoms. The molecule has 0 unspecified atom stereocenters. The Bertz CT molecular complexity index is 549. The summed E-state index contributed by atoms with van der Waals surface area (Å²) in [6.45, 7) is 3.43. The molecule has 0 aliphatic carbocycles. The number of anilines is 1. The molecular weight excluding hydrogens is 248 g/mol. The molecule has 2 aromatic rings. The van der Waals surface area contributed by atoms with E-state index in [-0.39, 0.29) is 5.91 Å². The zero-order chi connectivity index (χ0) is 14.4. The molecule has 0 aromatic heterocycles. The van der Waals surface area contributed by atoms with E-state index in [1.807, 2.05) is 30.0 Å². The normalized spacial score (nSPS) is 10.2. The van der Waals surface area contributed by atoms with Crippen LogP contribution in [0.5, 0.6) is 0 Å². The number of carbonyl (C=O) groups excluding carboxylic acids is 1. The zero-order valence-electron chi connectivity index (χ0n) is 11.8. The van der Waals surface area contributed by atoms with Gasteiger partial charge in [-0.05, 0) is 43.2 Å². The molecular formula is C17H20N2O. The highest BCUT2D eigenvalue weighted by Crippen LogP contribution is 2.10. The van der Waals surface area contributed by atoms with Crippen LogP contribution in [0, 0.1) is 0 Å². The van der Waals surface area contributed by atoms with Crippen LogP contribution in [0.1, 0.15) is 22.8 Å². The summed E-state index contributed by atoms with van der Waals surface area (Å²) in [5, 5.41) is 0. The van der Waals surface area contributed by atoms with Crippen molar-refractivity contribution in [1.82, 2.24) is 4.90 Å². The van der Waals surface area contributed by atoms with Crippen molar-refractivity contribution in [1.29, 1.82) is 0 Å². The third kappa shape index (κ3) is 3.60. The fourth-order valence-corrected chi connectivity index (χ4v) is 2.12. The average molecular weight is 268 g/mol. The molecule has 0 bridgehead atoms. The second-order valence-electron chi connectivity index (χ2n) is 4.74. The van der Waals surface area contributed by atoms with Crippen LogP contribution in [-0.4, -0.2) is 23.9 Å². The summed E-state index contributed by atoms with van der Waals surface area (Å²) in [5.41, 5.74) is 8.26. The zero-order valence-corrected chi connectivity index (χ0v) is 11.8. The molecule has 0 aliphatic rings. The van der Waals surface area contributed by atoms with Gasteiger partial charge in [0.1, 0.15) is 0 Å². The number of nitrogen functional groups attached to an aromatic ring is 1. The maximum atomic E-state index is 12.4. The van der Waals surface area contributed by atoms with E-state index < -0.39 is 0 Å². The Hall–Kier alpha value is -2.29. The minimum Gasteiger partial charge on any atom is -0.399 e. The van der Waals surface area contributed by atoms with Crippen LogP contribution in [-0.2, 0) is 6.42 Å². The summed E-state index contributed by atoms with van der Waals surface area (Å²) in [6.07, 6.45) is 0.870. The van der Waals surface area contributed by atoms with Gasteiger partial charge in [0.25, 0.3) is 5.91 Å². The quantitative estimate of drug-likeness (QED) is 0.847. The number of nitrogens with zero attached hydrogens (tertiary/aromatic N) is 1. The second kappa shape index (κ2) is 6.75. The first-order valence-electron chi connectivity index (χ1n) is 6.89. The van der Waals surface area contributed by atoms with Gasteiger partial charge in [-0.15, -0.1) is 0 Å². The van der Waals surface area contributed by atoms with Crippen LogP contribution in [0.4, 0.5) is 5.69 Å². The topological polar surface area (TPSA) is 46.3 Å². The Balaban J connectivity index is 2.00. The van der Waals surface area contributed by atoms with Crippen LogP contribution in [0.2, 0.25) is 0 Å². The van der Waals surface area contributed by atoms with Crippen molar-refractivity contribution in [2.45, 2.75) is 13.3 Å². The molecule has 0 atom stereocenters. The lowest BCUT2D eigenvalue weighted by molar-refractivity contribution is 0.0766. The Morgan fingerprint density at radius 3 is 2.30 bits per heavy atom. The Labute approximate surface area is 120 Å². The lowest BCUT2D eigenvalue weighted by Gasteiger charge is -2.21. The maximum Gasteiger partial charge on any atom is 0.253 e. The molecule has 2 N–H and O–H groups in total. The molecule has 20 heavy (non-hydrogen) atoms. The summed E-state index contributed by atoms with van der Waals surface area (Å²) >= 11 is 0. The number of hydrogen-bond acceptors (Lipinski definition) is 2. The van der Waals surface area contributed by atoms with Gasteiger partial charge in [0.2, 0.25) is 0 Å². The van der Waals surface area contributed by atoms with Gasteiger partial charge in [-0.3, -0.25) is 4.79 Å². The van der Waals surface area contributed by atoms with Gasteiger partial charge in [-0.1, -0.05) is 30.3 Å². The van der Waals surface area contributed by atoms with Crippen molar-refractivity contribution in [3.8, 4) is 0 Å². The molecule has 0 radical (unpaired) electrons. The van der Waals surface area contributed by atoms with Crippen LogP contribution in [0.25, 0.3) is 0 Å². The second-order valence-corrected chi connectivity index (χ2v) is 4.74. The summed E-state index contributed by atoms with van der Waals surface area (Å²) in [5.74, 6) is 0.0587. The van der Waals surface area contributed by atoms with E-state index in [4.69, 9.17) is 5.73 Å². The van der Waals surface area contributed by atoms with Gasteiger partial charge in [-0.2, -0.15) is 0 Å². The molecule has 3 nitrogen and oxygen atoms in total. The molecule has 2 aromatic carbocycles. The smallest absolute Gasteiger partial charge is 0.253 e. The van der Waals surface area contributed by atoms with Gasteiger partial charge < -0.3 is 10.6 Å². The van der Waals surface area contributed by atoms with Crippen LogP contribution >= 0.6 is 0 Å². The third-order valence-electron chi connectivity index (χ3n) is 3.34. The molecule has 0 fully saturated rings. The van der Waals surface area contributed by atoms with E-state index in [9.17, 15) is 4.79 Å². The number of amides is 1. The monoisotopic (exact) mass is 268 g/mol. The van der Waals surface area contributed by atoms with Gasteiger partial charge in [0.15, 0.2) is 0 Å². The number of nitrogens with two attached hydrogens (primary N) is 1. The molecule has 0 aliphatic heterocycles. The number of carbonyl (C=O) groups is 1. The maximum absolute atomic E-state index is 12.4. The summed E-state index contributed by atoms with van der Waals surface area (Å²) < 4.78 is 0. The van der Waals surface area contributed by atoms with E-state index in [2.05, 4.69) is 12.1 Å². The molecule has 104 valence electrons. The van der Waals surface area contributed by atoms with Gasteiger partial charge in [-0.25, -0.2) is 0 Å². The van der Waals surface area contributed by atoms with Gasteiger partial charge in [0, 0.05) is 24.3 Å². The van der Waals surface area contributed by atoms with Crippen LogP contribution < -0.4 is 5.73 Å². The number of likely N-dealkylation sites (N-methyl/N-ethyl adjacent to an activating group) is 1. The predicted octanol–water partition coefficient (Wildman–Crippen LogP) is 2.97. The highest BCUT2D eigenvalue weighted by Gasteiger charge is 2.13. The van der Waals surface area contributed by atoms with Gasteiger partial charge in [0.05, 0.1) is 0 Å². The predicted molar refractivity (Wildman–Crippen MR) is 82.6 cm³/mol. The first kappa shape index (κ1) is 14.1. The Kier molecular flexibility index (Phi) is 4.77. The van der Waals surface area contributed by atoms with E-state index >= 15 is 0 Å².